The maximum Gasteiger partial charge on any atom is 0.128 e. The molecule has 1 saturated heterocycles. The molecule has 1 fully saturated rings. The number of aliphatic hydroxyl groups is 4. The summed E-state index contributed by atoms with van der Waals surface area (Å²) in [6.45, 7) is 1.34. The summed E-state index contributed by atoms with van der Waals surface area (Å²) in [6.07, 6.45) is -5.89. The molecule has 4 N–H and O–H groups in total. The summed E-state index contributed by atoms with van der Waals surface area (Å²) in [7, 11) is 0. The van der Waals surface area contributed by atoms with E-state index in [2.05, 4.69) is 4.90 Å². The van der Waals surface area contributed by atoms with E-state index < -0.39 is 37.1 Å². The van der Waals surface area contributed by atoms with E-state index in [1.807, 2.05) is 24.3 Å². The smallest absolute Gasteiger partial charge is 0.128 e. The molecule has 0 spiro atoms. The van der Waals surface area contributed by atoms with Crippen LogP contribution in [0.2, 0.25) is 0 Å². The fourth-order valence-electron chi connectivity index (χ4n) is 4.06. The molecule has 0 aromatic heterocycles. The van der Waals surface area contributed by atoms with Crippen molar-refractivity contribution < 1.29 is 29.6 Å². The van der Waals surface area contributed by atoms with Crippen LogP contribution in [0.1, 0.15) is 28.4 Å². The maximum atomic E-state index is 14.0. The van der Waals surface area contributed by atoms with E-state index in [4.69, 9.17) is 4.74 Å². The number of aliphatic hydroxyl groups excluding tert-OH is 4. The zero-order chi connectivity index (χ0) is 19.8. The van der Waals surface area contributed by atoms with Crippen molar-refractivity contribution in [3.8, 4) is 0 Å². The van der Waals surface area contributed by atoms with Crippen LogP contribution in [-0.2, 0) is 24.4 Å². The average molecular weight is 389 g/mol. The zero-order valence-corrected chi connectivity index (χ0v) is 15.3. The van der Waals surface area contributed by atoms with Crippen LogP contribution in [0.25, 0.3) is 0 Å². The van der Waals surface area contributed by atoms with Gasteiger partial charge in [0.2, 0.25) is 0 Å². The molecule has 4 rings (SSSR count). The highest BCUT2D eigenvalue weighted by molar-refractivity contribution is 5.33. The van der Waals surface area contributed by atoms with Gasteiger partial charge in [-0.25, -0.2) is 4.39 Å². The van der Waals surface area contributed by atoms with Gasteiger partial charge in [-0.3, -0.25) is 4.90 Å². The van der Waals surface area contributed by atoms with Crippen molar-refractivity contribution in [3.05, 3.63) is 70.5 Å². The van der Waals surface area contributed by atoms with Gasteiger partial charge >= 0.3 is 0 Å². The van der Waals surface area contributed by atoms with Crippen LogP contribution in [0.15, 0.2) is 42.5 Å². The van der Waals surface area contributed by atoms with E-state index >= 15 is 0 Å². The molecule has 0 amide bonds. The number of nitrogens with zero attached hydrogens (tertiary/aromatic N) is 1. The van der Waals surface area contributed by atoms with Gasteiger partial charge in [-0.1, -0.05) is 36.4 Å². The molecule has 5 unspecified atom stereocenters. The average Bonchev–Trinajstić information content (AvgIpc) is 3.10. The molecule has 0 radical (unpaired) electrons. The standard InChI is InChI=1S/C21H24FNO5/c22-16-6-2-5-14-9-23(10-15(14)16)8-12-3-1-4-13(7-12)21-20(27)19(26)18(25)17(11-24)28-21/h1-7,17-21,24-27H,8-11H2. The normalized spacial score (nSPS) is 30.4. The summed E-state index contributed by atoms with van der Waals surface area (Å²) < 4.78 is 19.6. The molecule has 2 aromatic rings. The molecule has 2 aromatic carbocycles. The maximum absolute atomic E-state index is 14.0. The van der Waals surface area contributed by atoms with Crippen molar-refractivity contribution in [1.29, 1.82) is 0 Å². The second kappa shape index (κ2) is 7.87. The number of benzene rings is 2. The molecule has 2 aliphatic heterocycles. The third kappa shape index (κ3) is 3.57. The molecule has 0 saturated carbocycles. The first-order valence-electron chi connectivity index (χ1n) is 9.36. The molecule has 7 heteroatoms. The summed E-state index contributed by atoms with van der Waals surface area (Å²) in [4.78, 5) is 2.13. The Morgan fingerprint density at radius 3 is 2.54 bits per heavy atom. The van der Waals surface area contributed by atoms with E-state index in [1.54, 1.807) is 12.1 Å². The Bertz CT molecular complexity index is 845. The first-order valence-corrected chi connectivity index (χ1v) is 9.36. The van der Waals surface area contributed by atoms with Gasteiger partial charge in [-0.2, -0.15) is 0 Å². The summed E-state index contributed by atoms with van der Waals surface area (Å²) in [5, 5.41) is 39.7. The quantitative estimate of drug-likeness (QED) is 0.620. The zero-order valence-electron chi connectivity index (χ0n) is 15.3. The Morgan fingerprint density at radius 1 is 1.00 bits per heavy atom. The first kappa shape index (κ1) is 19.4. The van der Waals surface area contributed by atoms with E-state index in [-0.39, 0.29) is 5.82 Å². The minimum Gasteiger partial charge on any atom is -0.394 e. The summed E-state index contributed by atoms with van der Waals surface area (Å²) in [5.74, 6) is -0.185. The highest BCUT2D eigenvalue weighted by atomic mass is 19.1. The van der Waals surface area contributed by atoms with Crippen molar-refractivity contribution in [2.24, 2.45) is 0 Å². The van der Waals surface area contributed by atoms with Crippen LogP contribution in [-0.4, -0.2) is 56.3 Å². The molecule has 5 atom stereocenters. The summed E-state index contributed by atoms with van der Waals surface area (Å²) in [6, 6.07) is 12.5. The van der Waals surface area contributed by atoms with Crippen molar-refractivity contribution in [3.63, 3.8) is 0 Å². The van der Waals surface area contributed by atoms with Crippen molar-refractivity contribution in [2.45, 2.75) is 50.2 Å². The number of hydrogen-bond acceptors (Lipinski definition) is 6. The highest BCUT2D eigenvalue weighted by Crippen LogP contribution is 2.33. The molecular weight excluding hydrogens is 365 g/mol. The molecule has 2 aliphatic rings. The van der Waals surface area contributed by atoms with E-state index in [9.17, 15) is 24.8 Å². The van der Waals surface area contributed by atoms with Gasteiger partial charge in [0.25, 0.3) is 0 Å². The van der Waals surface area contributed by atoms with Crippen LogP contribution in [0.3, 0.4) is 0 Å². The lowest BCUT2D eigenvalue weighted by Gasteiger charge is -2.40. The van der Waals surface area contributed by atoms with Crippen LogP contribution >= 0.6 is 0 Å². The molecule has 2 heterocycles. The lowest BCUT2D eigenvalue weighted by atomic mass is 9.90. The number of ether oxygens (including phenoxy) is 1. The van der Waals surface area contributed by atoms with Crippen molar-refractivity contribution in [1.82, 2.24) is 4.90 Å². The number of rotatable bonds is 4. The van der Waals surface area contributed by atoms with Gasteiger partial charge in [0, 0.05) is 25.2 Å². The predicted molar refractivity (Wildman–Crippen MR) is 98.5 cm³/mol. The van der Waals surface area contributed by atoms with Crippen molar-refractivity contribution >= 4 is 0 Å². The van der Waals surface area contributed by atoms with Gasteiger partial charge in [0.15, 0.2) is 0 Å². The van der Waals surface area contributed by atoms with Crippen LogP contribution in [0.5, 0.6) is 0 Å². The van der Waals surface area contributed by atoms with Crippen LogP contribution < -0.4 is 0 Å². The highest BCUT2D eigenvalue weighted by Gasteiger charge is 2.43. The lowest BCUT2D eigenvalue weighted by Crippen LogP contribution is -2.55. The Kier molecular flexibility index (Phi) is 5.46. The second-order valence-electron chi connectivity index (χ2n) is 7.52. The monoisotopic (exact) mass is 389 g/mol. The molecular formula is C21H24FNO5. The predicted octanol–water partition coefficient (Wildman–Crippen LogP) is 0.856. The van der Waals surface area contributed by atoms with Crippen LogP contribution in [0.4, 0.5) is 4.39 Å². The Balaban J connectivity index is 1.50. The minimum atomic E-state index is -1.41. The second-order valence-corrected chi connectivity index (χ2v) is 7.52. The summed E-state index contributed by atoms with van der Waals surface area (Å²) in [5.41, 5.74) is 3.33. The molecule has 6 nitrogen and oxygen atoms in total. The SMILES string of the molecule is OCC1OC(c2cccc(CN3Cc4cccc(F)c4C3)c2)C(O)C(O)C1O. The fraction of sp³-hybridized carbons (Fsp3) is 0.429. The van der Waals surface area contributed by atoms with Gasteiger partial charge in [-0.05, 0) is 22.8 Å². The van der Waals surface area contributed by atoms with Gasteiger partial charge < -0.3 is 25.2 Å². The van der Waals surface area contributed by atoms with E-state index in [0.717, 1.165) is 16.7 Å². The minimum absolute atomic E-state index is 0.185. The first-order chi connectivity index (χ1) is 13.5. The number of fused-ring (bicyclic) bond motifs is 1. The summed E-state index contributed by atoms with van der Waals surface area (Å²) >= 11 is 0. The van der Waals surface area contributed by atoms with Gasteiger partial charge in [0.05, 0.1) is 6.61 Å². The van der Waals surface area contributed by atoms with Gasteiger partial charge in [-0.15, -0.1) is 0 Å². The fourth-order valence-corrected chi connectivity index (χ4v) is 4.06. The Labute approximate surface area is 162 Å². The lowest BCUT2D eigenvalue weighted by molar-refractivity contribution is -0.231. The Hall–Kier alpha value is -1.87. The van der Waals surface area contributed by atoms with E-state index in [0.29, 0.717) is 25.2 Å². The topological polar surface area (TPSA) is 93.4 Å². The van der Waals surface area contributed by atoms with Crippen molar-refractivity contribution in [2.75, 3.05) is 6.61 Å². The third-order valence-electron chi connectivity index (χ3n) is 5.57. The Morgan fingerprint density at radius 2 is 1.79 bits per heavy atom. The van der Waals surface area contributed by atoms with E-state index in [1.165, 1.54) is 6.07 Å². The molecule has 0 aliphatic carbocycles. The largest absolute Gasteiger partial charge is 0.394 e. The van der Waals surface area contributed by atoms with Crippen LogP contribution in [0, 0.1) is 5.82 Å². The number of hydrogen-bond donors (Lipinski definition) is 4. The third-order valence-corrected chi connectivity index (χ3v) is 5.57. The van der Waals surface area contributed by atoms with Gasteiger partial charge in [0.1, 0.15) is 36.3 Å². The number of halogens is 1. The molecule has 28 heavy (non-hydrogen) atoms. The molecule has 0 bridgehead atoms. The molecule has 150 valence electrons.